The average molecular weight is 273 g/mol. The average Bonchev–Trinajstić information content (AvgIpc) is 2.38. The molecule has 0 heterocycles. The number of carboxylic acids is 1. The monoisotopic (exact) mass is 273 g/mol. The SMILES string of the molecule is CN(Cc1ccccc1)Cc1cc(F)cc(C(=O)O)c1. The fraction of sp³-hybridized carbons (Fsp3) is 0.188. The van der Waals surface area contributed by atoms with E-state index in [2.05, 4.69) is 0 Å². The van der Waals surface area contributed by atoms with Crippen molar-refractivity contribution in [1.29, 1.82) is 0 Å². The molecule has 20 heavy (non-hydrogen) atoms. The summed E-state index contributed by atoms with van der Waals surface area (Å²) in [7, 11) is 1.92. The minimum atomic E-state index is -1.11. The lowest BCUT2D eigenvalue weighted by molar-refractivity contribution is 0.0696. The highest BCUT2D eigenvalue weighted by molar-refractivity contribution is 5.87. The van der Waals surface area contributed by atoms with E-state index in [1.165, 1.54) is 12.1 Å². The van der Waals surface area contributed by atoms with Crippen LogP contribution >= 0.6 is 0 Å². The number of hydrogen-bond acceptors (Lipinski definition) is 2. The Hall–Kier alpha value is -2.20. The number of halogens is 1. The third-order valence-corrected chi connectivity index (χ3v) is 2.95. The van der Waals surface area contributed by atoms with Gasteiger partial charge in [0.15, 0.2) is 0 Å². The van der Waals surface area contributed by atoms with E-state index in [-0.39, 0.29) is 5.56 Å². The van der Waals surface area contributed by atoms with Gasteiger partial charge in [-0.15, -0.1) is 0 Å². The highest BCUT2D eigenvalue weighted by Gasteiger charge is 2.09. The first-order valence-corrected chi connectivity index (χ1v) is 6.30. The van der Waals surface area contributed by atoms with E-state index in [0.29, 0.717) is 12.1 Å². The molecule has 0 saturated carbocycles. The second-order valence-corrected chi connectivity index (χ2v) is 4.81. The molecule has 4 heteroatoms. The summed E-state index contributed by atoms with van der Waals surface area (Å²) in [6.07, 6.45) is 0. The van der Waals surface area contributed by atoms with Crippen molar-refractivity contribution >= 4 is 5.97 Å². The third kappa shape index (κ3) is 3.90. The molecule has 104 valence electrons. The molecule has 3 nitrogen and oxygen atoms in total. The zero-order valence-electron chi connectivity index (χ0n) is 11.2. The molecule has 0 spiro atoms. The smallest absolute Gasteiger partial charge is 0.335 e. The normalized spacial score (nSPS) is 10.8. The van der Waals surface area contributed by atoms with E-state index in [4.69, 9.17) is 5.11 Å². The summed E-state index contributed by atoms with van der Waals surface area (Å²) in [4.78, 5) is 12.9. The lowest BCUT2D eigenvalue weighted by Crippen LogP contribution is -2.17. The molecule has 1 N–H and O–H groups in total. The van der Waals surface area contributed by atoms with Crippen LogP contribution in [0.1, 0.15) is 21.5 Å². The Morgan fingerprint density at radius 3 is 2.40 bits per heavy atom. The molecule has 0 atom stereocenters. The topological polar surface area (TPSA) is 40.5 Å². The van der Waals surface area contributed by atoms with E-state index in [0.717, 1.165) is 18.2 Å². The van der Waals surface area contributed by atoms with Crippen molar-refractivity contribution in [2.45, 2.75) is 13.1 Å². The van der Waals surface area contributed by atoms with Crippen LogP contribution in [0.4, 0.5) is 4.39 Å². The van der Waals surface area contributed by atoms with Gasteiger partial charge in [-0.05, 0) is 36.4 Å². The molecular weight excluding hydrogens is 257 g/mol. The Bertz CT molecular complexity index is 599. The van der Waals surface area contributed by atoms with Gasteiger partial charge < -0.3 is 5.11 Å². The summed E-state index contributed by atoms with van der Waals surface area (Å²) < 4.78 is 13.4. The fourth-order valence-corrected chi connectivity index (χ4v) is 2.13. The highest BCUT2D eigenvalue weighted by atomic mass is 19.1. The Labute approximate surface area is 117 Å². The molecule has 0 aliphatic heterocycles. The molecule has 0 aliphatic rings. The standard InChI is InChI=1S/C16H16FNO2/c1-18(10-12-5-3-2-4-6-12)11-13-7-14(16(19)20)9-15(17)8-13/h2-9H,10-11H2,1H3,(H,19,20). The molecule has 0 saturated heterocycles. The van der Waals surface area contributed by atoms with Gasteiger partial charge in [-0.1, -0.05) is 30.3 Å². The lowest BCUT2D eigenvalue weighted by atomic mass is 10.1. The van der Waals surface area contributed by atoms with Crippen LogP contribution in [0.2, 0.25) is 0 Å². The van der Waals surface area contributed by atoms with Crippen molar-refractivity contribution in [3.05, 3.63) is 71.0 Å². The van der Waals surface area contributed by atoms with Gasteiger partial charge >= 0.3 is 5.97 Å². The van der Waals surface area contributed by atoms with Gasteiger partial charge in [0.05, 0.1) is 5.56 Å². The van der Waals surface area contributed by atoms with Crippen molar-refractivity contribution in [3.8, 4) is 0 Å². The Morgan fingerprint density at radius 1 is 1.10 bits per heavy atom. The zero-order chi connectivity index (χ0) is 14.5. The molecule has 2 aromatic carbocycles. The summed E-state index contributed by atoms with van der Waals surface area (Å²) in [6.45, 7) is 1.21. The van der Waals surface area contributed by atoms with Crippen LogP contribution < -0.4 is 0 Å². The number of rotatable bonds is 5. The molecule has 0 aromatic heterocycles. The van der Waals surface area contributed by atoms with Crippen LogP contribution in [-0.2, 0) is 13.1 Å². The summed E-state index contributed by atoms with van der Waals surface area (Å²) in [6, 6.07) is 13.8. The largest absolute Gasteiger partial charge is 0.478 e. The number of hydrogen-bond donors (Lipinski definition) is 1. The third-order valence-electron chi connectivity index (χ3n) is 2.95. The molecule has 0 bridgehead atoms. The quantitative estimate of drug-likeness (QED) is 0.909. The first kappa shape index (κ1) is 14.2. The van der Waals surface area contributed by atoms with Crippen molar-refractivity contribution in [3.63, 3.8) is 0 Å². The van der Waals surface area contributed by atoms with Gasteiger partial charge in [0.1, 0.15) is 5.82 Å². The minimum Gasteiger partial charge on any atom is -0.478 e. The van der Waals surface area contributed by atoms with Crippen LogP contribution in [0.5, 0.6) is 0 Å². The maximum atomic E-state index is 13.4. The number of aromatic carboxylic acids is 1. The van der Waals surface area contributed by atoms with Gasteiger partial charge in [0.2, 0.25) is 0 Å². The summed E-state index contributed by atoms with van der Waals surface area (Å²) in [5.74, 6) is -1.63. The highest BCUT2D eigenvalue weighted by Crippen LogP contribution is 2.13. The number of carbonyl (C=O) groups is 1. The second kappa shape index (κ2) is 6.30. The second-order valence-electron chi connectivity index (χ2n) is 4.81. The fourth-order valence-electron chi connectivity index (χ4n) is 2.13. The molecular formula is C16H16FNO2. The van der Waals surface area contributed by atoms with Gasteiger partial charge in [0, 0.05) is 13.1 Å². The Kier molecular flexibility index (Phi) is 4.48. The maximum Gasteiger partial charge on any atom is 0.335 e. The van der Waals surface area contributed by atoms with Crippen LogP contribution in [0.25, 0.3) is 0 Å². The number of carboxylic acid groups (broad SMARTS) is 1. The minimum absolute atomic E-state index is 0.0203. The summed E-state index contributed by atoms with van der Waals surface area (Å²) in [5, 5.41) is 8.92. The van der Waals surface area contributed by atoms with Gasteiger partial charge in [-0.3, -0.25) is 4.90 Å². The summed E-state index contributed by atoms with van der Waals surface area (Å²) in [5.41, 5.74) is 1.79. The molecule has 2 rings (SSSR count). The zero-order valence-corrected chi connectivity index (χ0v) is 11.2. The molecule has 0 amide bonds. The first-order valence-electron chi connectivity index (χ1n) is 6.30. The van der Waals surface area contributed by atoms with Gasteiger partial charge in [-0.2, -0.15) is 0 Å². The van der Waals surface area contributed by atoms with Crippen LogP contribution in [0, 0.1) is 5.82 Å². The number of benzene rings is 2. The lowest BCUT2D eigenvalue weighted by Gasteiger charge is -2.17. The van der Waals surface area contributed by atoms with E-state index in [9.17, 15) is 9.18 Å². The van der Waals surface area contributed by atoms with Crippen LogP contribution in [0.3, 0.4) is 0 Å². The van der Waals surface area contributed by atoms with E-state index < -0.39 is 11.8 Å². The Balaban J connectivity index is 2.07. The molecule has 0 fully saturated rings. The van der Waals surface area contributed by atoms with Crippen molar-refractivity contribution in [2.24, 2.45) is 0 Å². The van der Waals surface area contributed by atoms with Crippen molar-refractivity contribution < 1.29 is 14.3 Å². The molecule has 2 aromatic rings. The molecule has 0 aliphatic carbocycles. The maximum absolute atomic E-state index is 13.4. The van der Waals surface area contributed by atoms with E-state index in [1.807, 2.05) is 42.3 Å². The van der Waals surface area contributed by atoms with Crippen LogP contribution in [-0.4, -0.2) is 23.0 Å². The summed E-state index contributed by atoms with van der Waals surface area (Å²) >= 11 is 0. The van der Waals surface area contributed by atoms with E-state index in [1.54, 1.807) is 0 Å². The van der Waals surface area contributed by atoms with Crippen LogP contribution in [0.15, 0.2) is 48.5 Å². The van der Waals surface area contributed by atoms with Crippen molar-refractivity contribution in [1.82, 2.24) is 4.90 Å². The first-order chi connectivity index (χ1) is 9.54. The molecule has 0 radical (unpaired) electrons. The molecule has 0 unspecified atom stereocenters. The van der Waals surface area contributed by atoms with Gasteiger partial charge in [0.25, 0.3) is 0 Å². The predicted molar refractivity (Wildman–Crippen MR) is 75.0 cm³/mol. The van der Waals surface area contributed by atoms with E-state index >= 15 is 0 Å². The number of nitrogens with zero attached hydrogens (tertiary/aromatic N) is 1. The predicted octanol–water partition coefficient (Wildman–Crippen LogP) is 3.16. The van der Waals surface area contributed by atoms with Crippen molar-refractivity contribution in [2.75, 3.05) is 7.05 Å². The Morgan fingerprint density at radius 2 is 1.75 bits per heavy atom. The van der Waals surface area contributed by atoms with Gasteiger partial charge in [-0.25, -0.2) is 9.18 Å².